The SMILES string of the molecule is CN1C(=O)C2(CCN(C(=O)c3cccnc3)CC2)c2cccc(F)c21. The van der Waals surface area contributed by atoms with E-state index >= 15 is 0 Å². The van der Waals surface area contributed by atoms with Gasteiger partial charge in [0.1, 0.15) is 5.82 Å². The molecule has 1 aromatic carbocycles. The van der Waals surface area contributed by atoms with Crippen LogP contribution in [0, 0.1) is 5.82 Å². The average molecular weight is 339 g/mol. The fourth-order valence-corrected chi connectivity index (χ4v) is 4.03. The van der Waals surface area contributed by atoms with Crippen LogP contribution in [0.4, 0.5) is 10.1 Å². The van der Waals surface area contributed by atoms with Gasteiger partial charge in [0.05, 0.1) is 16.7 Å². The molecule has 2 aliphatic rings. The van der Waals surface area contributed by atoms with Crippen LogP contribution in [0.3, 0.4) is 0 Å². The normalized spacial score (nSPS) is 18.6. The van der Waals surface area contributed by atoms with Gasteiger partial charge in [-0.25, -0.2) is 4.39 Å². The second kappa shape index (κ2) is 5.65. The number of halogens is 1. The molecule has 2 amide bonds. The minimum Gasteiger partial charge on any atom is -0.339 e. The molecule has 25 heavy (non-hydrogen) atoms. The number of carbonyl (C=O) groups is 2. The topological polar surface area (TPSA) is 53.5 Å². The average Bonchev–Trinajstić information content (AvgIpc) is 2.86. The molecular weight excluding hydrogens is 321 g/mol. The second-order valence-corrected chi connectivity index (χ2v) is 6.62. The summed E-state index contributed by atoms with van der Waals surface area (Å²) in [5.41, 5.74) is 0.936. The van der Waals surface area contributed by atoms with Crippen molar-refractivity contribution >= 4 is 17.5 Å². The van der Waals surface area contributed by atoms with Gasteiger partial charge < -0.3 is 9.80 Å². The third-order valence-corrected chi connectivity index (χ3v) is 5.36. The van der Waals surface area contributed by atoms with Crippen molar-refractivity contribution in [2.45, 2.75) is 18.3 Å². The molecule has 2 aliphatic heterocycles. The Labute approximate surface area is 145 Å². The number of amides is 2. The van der Waals surface area contributed by atoms with Crippen LogP contribution in [0.15, 0.2) is 42.7 Å². The zero-order valence-electron chi connectivity index (χ0n) is 13.9. The molecule has 0 bridgehead atoms. The molecule has 0 radical (unpaired) electrons. The molecule has 0 saturated carbocycles. The number of aromatic nitrogens is 1. The van der Waals surface area contributed by atoms with Gasteiger partial charge in [-0.3, -0.25) is 14.6 Å². The lowest BCUT2D eigenvalue weighted by molar-refractivity contribution is -0.124. The molecule has 128 valence electrons. The summed E-state index contributed by atoms with van der Waals surface area (Å²) < 4.78 is 14.2. The van der Waals surface area contributed by atoms with Crippen molar-refractivity contribution in [2.24, 2.45) is 0 Å². The standard InChI is InChI=1S/C19H18FN3O2/c1-22-16-14(5-2-6-15(16)20)19(18(22)25)7-10-23(11-8-19)17(24)13-4-3-9-21-12-13/h2-6,9,12H,7-8,10-11H2,1H3. The maximum atomic E-state index is 14.2. The maximum Gasteiger partial charge on any atom is 0.255 e. The number of hydrogen-bond donors (Lipinski definition) is 0. The third kappa shape index (κ3) is 2.24. The van der Waals surface area contributed by atoms with Gasteiger partial charge in [0, 0.05) is 32.5 Å². The van der Waals surface area contributed by atoms with Gasteiger partial charge in [-0.2, -0.15) is 0 Å². The zero-order chi connectivity index (χ0) is 17.6. The molecule has 2 aromatic rings. The number of pyridine rings is 1. The fourth-order valence-electron chi connectivity index (χ4n) is 4.03. The van der Waals surface area contributed by atoms with E-state index in [9.17, 15) is 14.0 Å². The van der Waals surface area contributed by atoms with Crippen LogP contribution in [0.25, 0.3) is 0 Å². The van der Waals surface area contributed by atoms with Crippen molar-refractivity contribution in [3.05, 3.63) is 59.7 Å². The number of likely N-dealkylation sites (tertiary alicyclic amines) is 1. The van der Waals surface area contributed by atoms with E-state index in [1.54, 1.807) is 42.5 Å². The molecule has 1 aromatic heterocycles. The number of nitrogens with zero attached hydrogens (tertiary/aromatic N) is 3. The first-order valence-corrected chi connectivity index (χ1v) is 8.31. The zero-order valence-corrected chi connectivity index (χ0v) is 13.9. The van der Waals surface area contributed by atoms with Crippen molar-refractivity contribution in [1.29, 1.82) is 0 Å². The number of para-hydroxylation sites is 1. The molecule has 4 rings (SSSR count). The van der Waals surface area contributed by atoms with Crippen LogP contribution in [0.2, 0.25) is 0 Å². The number of rotatable bonds is 1. The number of piperidine rings is 1. The summed E-state index contributed by atoms with van der Waals surface area (Å²) in [5, 5.41) is 0. The van der Waals surface area contributed by atoms with Crippen molar-refractivity contribution in [3.8, 4) is 0 Å². The summed E-state index contributed by atoms with van der Waals surface area (Å²) in [7, 11) is 1.62. The van der Waals surface area contributed by atoms with Crippen LogP contribution in [0.1, 0.15) is 28.8 Å². The Morgan fingerprint density at radius 1 is 1.20 bits per heavy atom. The number of fused-ring (bicyclic) bond motifs is 2. The molecule has 6 heteroatoms. The molecule has 0 atom stereocenters. The van der Waals surface area contributed by atoms with E-state index in [0.29, 0.717) is 37.2 Å². The molecule has 1 saturated heterocycles. The predicted molar refractivity (Wildman–Crippen MR) is 90.9 cm³/mol. The Hall–Kier alpha value is -2.76. The third-order valence-electron chi connectivity index (χ3n) is 5.36. The molecule has 5 nitrogen and oxygen atoms in total. The van der Waals surface area contributed by atoms with Crippen LogP contribution in [0.5, 0.6) is 0 Å². The molecule has 0 aliphatic carbocycles. The van der Waals surface area contributed by atoms with Crippen LogP contribution in [-0.4, -0.2) is 41.8 Å². The van der Waals surface area contributed by atoms with Gasteiger partial charge in [0.2, 0.25) is 5.91 Å². The number of benzene rings is 1. The summed E-state index contributed by atoms with van der Waals surface area (Å²) in [4.78, 5) is 32.6. The molecule has 1 fully saturated rings. The van der Waals surface area contributed by atoms with E-state index in [0.717, 1.165) is 5.56 Å². The molecular formula is C19H18FN3O2. The Balaban J connectivity index is 1.61. The van der Waals surface area contributed by atoms with Crippen molar-refractivity contribution in [2.75, 3.05) is 25.0 Å². The van der Waals surface area contributed by atoms with Gasteiger partial charge in [-0.05, 0) is 36.6 Å². The summed E-state index contributed by atoms with van der Waals surface area (Å²) in [5.74, 6) is -0.540. The first-order chi connectivity index (χ1) is 12.0. The fraction of sp³-hybridized carbons (Fsp3) is 0.316. The van der Waals surface area contributed by atoms with E-state index in [1.165, 1.54) is 11.0 Å². The highest BCUT2D eigenvalue weighted by molar-refractivity contribution is 6.08. The summed E-state index contributed by atoms with van der Waals surface area (Å²) in [6, 6.07) is 8.32. The smallest absolute Gasteiger partial charge is 0.255 e. The van der Waals surface area contributed by atoms with Crippen molar-refractivity contribution in [1.82, 2.24) is 9.88 Å². The van der Waals surface area contributed by atoms with E-state index in [1.807, 2.05) is 6.07 Å². The van der Waals surface area contributed by atoms with E-state index in [2.05, 4.69) is 4.98 Å². The van der Waals surface area contributed by atoms with Gasteiger partial charge >= 0.3 is 0 Å². The minimum absolute atomic E-state index is 0.0822. The minimum atomic E-state index is -0.724. The molecule has 0 unspecified atom stereocenters. The molecule has 3 heterocycles. The summed E-state index contributed by atoms with van der Waals surface area (Å²) >= 11 is 0. The lowest BCUT2D eigenvalue weighted by atomic mass is 9.73. The van der Waals surface area contributed by atoms with E-state index in [4.69, 9.17) is 0 Å². The van der Waals surface area contributed by atoms with Crippen molar-refractivity contribution < 1.29 is 14.0 Å². The van der Waals surface area contributed by atoms with Gasteiger partial charge in [0.25, 0.3) is 5.91 Å². The van der Waals surface area contributed by atoms with Crippen LogP contribution in [-0.2, 0) is 10.2 Å². The summed E-state index contributed by atoms with van der Waals surface area (Å²) in [6.07, 6.45) is 4.17. The molecule has 1 spiro atoms. The Morgan fingerprint density at radius 3 is 2.64 bits per heavy atom. The van der Waals surface area contributed by atoms with Crippen LogP contribution < -0.4 is 4.90 Å². The largest absolute Gasteiger partial charge is 0.339 e. The monoisotopic (exact) mass is 339 g/mol. The Kier molecular flexibility index (Phi) is 3.56. The lowest BCUT2D eigenvalue weighted by Gasteiger charge is -2.38. The number of anilines is 1. The van der Waals surface area contributed by atoms with E-state index < -0.39 is 5.41 Å². The predicted octanol–water partition coefficient (Wildman–Crippen LogP) is 2.37. The molecule has 0 N–H and O–H groups in total. The number of likely N-dealkylation sites (N-methyl/N-ethyl adjacent to an activating group) is 1. The highest BCUT2D eigenvalue weighted by atomic mass is 19.1. The van der Waals surface area contributed by atoms with E-state index in [-0.39, 0.29) is 17.6 Å². The number of carbonyl (C=O) groups excluding carboxylic acids is 2. The number of hydrogen-bond acceptors (Lipinski definition) is 3. The summed E-state index contributed by atoms with van der Waals surface area (Å²) in [6.45, 7) is 0.923. The van der Waals surface area contributed by atoms with Gasteiger partial charge in [-0.1, -0.05) is 12.1 Å². The first kappa shape index (κ1) is 15.7. The highest BCUT2D eigenvalue weighted by Crippen LogP contribution is 2.48. The maximum absolute atomic E-state index is 14.2. The Bertz CT molecular complexity index is 845. The van der Waals surface area contributed by atoms with Crippen molar-refractivity contribution in [3.63, 3.8) is 0 Å². The second-order valence-electron chi connectivity index (χ2n) is 6.62. The Morgan fingerprint density at radius 2 is 1.96 bits per heavy atom. The van der Waals surface area contributed by atoms with Crippen LogP contribution >= 0.6 is 0 Å². The first-order valence-electron chi connectivity index (χ1n) is 8.31. The van der Waals surface area contributed by atoms with Gasteiger partial charge in [-0.15, -0.1) is 0 Å². The highest BCUT2D eigenvalue weighted by Gasteiger charge is 2.52. The van der Waals surface area contributed by atoms with Gasteiger partial charge in [0.15, 0.2) is 0 Å². The quantitative estimate of drug-likeness (QED) is 0.801. The lowest BCUT2D eigenvalue weighted by Crippen LogP contribution is -2.49.